The second-order valence-corrected chi connectivity index (χ2v) is 6.39. The Morgan fingerprint density at radius 1 is 1.43 bits per heavy atom. The average Bonchev–Trinajstić information content (AvgIpc) is 2.43. The number of hydrogen-bond donors (Lipinski definition) is 2. The number of sulfonamides is 1. The fraction of sp³-hybridized carbons (Fsp3) is 0.154. The molecule has 0 aliphatic carbocycles. The Balaban J connectivity index is 2.50. The van der Waals surface area contributed by atoms with Crippen LogP contribution in [0.5, 0.6) is 0 Å². The fourth-order valence-electron chi connectivity index (χ4n) is 1.81. The first-order valence-corrected chi connectivity index (χ1v) is 7.73. The molecule has 1 heterocycles. The number of nitrogens with one attached hydrogen (secondary N) is 1. The predicted molar refractivity (Wildman–Crippen MR) is 77.1 cm³/mol. The summed E-state index contributed by atoms with van der Waals surface area (Å²) in [5, 5.41) is 9.39. The highest BCUT2D eigenvalue weighted by atomic mass is 35.5. The normalized spacial score (nSPS) is 11.4. The summed E-state index contributed by atoms with van der Waals surface area (Å²) >= 11 is 5.85. The van der Waals surface area contributed by atoms with Gasteiger partial charge >= 0.3 is 0 Å². The van der Waals surface area contributed by atoms with Gasteiger partial charge in [-0.25, -0.2) is 12.8 Å². The third kappa shape index (κ3) is 3.31. The van der Waals surface area contributed by atoms with Gasteiger partial charge in [-0.3, -0.25) is 9.71 Å². The molecule has 2 rings (SSSR count). The molecular weight excluding hydrogens is 319 g/mol. The summed E-state index contributed by atoms with van der Waals surface area (Å²) in [6, 6.07) is 3.93. The quantitative estimate of drug-likeness (QED) is 0.902. The highest BCUT2D eigenvalue weighted by Gasteiger charge is 2.21. The summed E-state index contributed by atoms with van der Waals surface area (Å²) in [6.45, 7) is 1.19. The molecule has 1 aromatic carbocycles. The van der Waals surface area contributed by atoms with E-state index in [4.69, 9.17) is 11.6 Å². The molecule has 0 spiro atoms. The standard InChI is InChI=1S/C13H12ClFN2O3S/c1-8-9(7-18)4-10(14)5-13(8)21(19,20)17-12-2-3-16-6-11(12)15/h2-6,18H,7H2,1H3,(H,16,17). The van der Waals surface area contributed by atoms with E-state index >= 15 is 0 Å². The molecule has 2 N–H and O–H groups in total. The third-order valence-corrected chi connectivity index (χ3v) is 4.62. The van der Waals surface area contributed by atoms with Gasteiger partial charge in [0, 0.05) is 11.2 Å². The van der Waals surface area contributed by atoms with Crippen LogP contribution in [0.15, 0.2) is 35.5 Å². The number of benzene rings is 1. The van der Waals surface area contributed by atoms with E-state index in [-0.39, 0.29) is 22.2 Å². The highest BCUT2D eigenvalue weighted by Crippen LogP contribution is 2.26. The summed E-state index contributed by atoms with van der Waals surface area (Å²) < 4.78 is 40.4. The highest BCUT2D eigenvalue weighted by molar-refractivity contribution is 7.92. The lowest BCUT2D eigenvalue weighted by atomic mass is 10.1. The summed E-state index contributed by atoms with van der Waals surface area (Å²) in [7, 11) is -4.03. The van der Waals surface area contributed by atoms with Crippen LogP contribution in [0.4, 0.5) is 10.1 Å². The summed E-state index contributed by atoms with van der Waals surface area (Å²) in [5.41, 5.74) is 0.525. The molecule has 0 aliphatic heterocycles. The first kappa shape index (κ1) is 15.7. The van der Waals surface area contributed by atoms with Gasteiger partial charge in [0.2, 0.25) is 0 Å². The fourth-order valence-corrected chi connectivity index (χ4v) is 3.50. The lowest BCUT2D eigenvalue weighted by Gasteiger charge is -2.13. The number of rotatable bonds is 4. The Kier molecular flexibility index (Phi) is 4.46. The van der Waals surface area contributed by atoms with Gasteiger partial charge < -0.3 is 5.11 Å². The second kappa shape index (κ2) is 5.97. The Morgan fingerprint density at radius 3 is 2.76 bits per heavy atom. The van der Waals surface area contributed by atoms with Gasteiger partial charge in [-0.15, -0.1) is 0 Å². The SMILES string of the molecule is Cc1c(CO)cc(Cl)cc1S(=O)(=O)Nc1ccncc1F. The lowest BCUT2D eigenvalue weighted by Crippen LogP contribution is -2.16. The summed E-state index contributed by atoms with van der Waals surface area (Å²) in [6.07, 6.45) is 2.17. The van der Waals surface area contributed by atoms with Crippen LogP contribution in [-0.2, 0) is 16.6 Å². The Morgan fingerprint density at radius 2 is 2.14 bits per heavy atom. The van der Waals surface area contributed by atoms with Crippen molar-refractivity contribution in [3.05, 3.63) is 52.6 Å². The molecule has 0 aliphatic rings. The maximum Gasteiger partial charge on any atom is 0.262 e. The topological polar surface area (TPSA) is 79.3 Å². The van der Waals surface area contributed by atoms with Gasteiger partial charge in [0.05, 0.1) is 23.4 Å². The molecule has 1 aromatic heterocycles. The molecule has 0 amide bonds. The summed E-state index contributed by atoms with van der Waals surface area (Å²) in [4.78, 5) is 3.43. The van der Waals surface area contributed by atoms with E-state index in [0.29, 0.717) is 11.1 Å². The van der Waals surface area contributed by atoms with Crippen LogP contribution in [0.2, 0.25) is 5.02 Å². The van der Waals surface area contributed by atoms with Gasteiger partial charge in [-0.2, -0.15) is 0 Å². The van der Waals surface area contributed by atoms with Crippen molar-refractivity contribution in [3.8, 4) is 0 Å². The van der Waals surface area contributed by atoms with Gasteiger partial charge in [0.25, 0.3) is 10.0 Å². The van der Waals surface area contributed by atoms with Crippen molar-refractivity contribution in [1.82, 2.24) is 4.98 Å². The third-order valence-electron chi connectivity index (χ3n) is 2.91. The molecule has 0 atom stereocenters. The van der Waals surface area contributed by atoms with Crippen LogP contribution in [-0.4, -0.2) is 18.5 Å². The Labute approximate surface area is 126 Å². The Hall–Kier alpha value is -1.70. The van der Waals surface area contributed by atoms with Crippen LogP contribution in [0.3, 0.4) is 0 Å². The van der Waals surface area contributed by atoms with E-state index in [9.17, 15) is 17.9 Å². The van der Waals surface area contributed by atoms with Gasteiger partial charge in [-0.1, -0.05) is 11.6 Å². The van der Waals surface area contributed by atoms with Crippen molar-refractivity contribution in [3.63, 3.8) is 0 Å². The van der Waals surface area contributed by atoms with Crippen molar-refractivity contribution in [2.45, 2.75) is 18.4 Å². The van der Waals surface area contributed by atoms with Crippen molar-refractivity contribution in [2.75, 3.05) is 4.72 Å². The lowest BCUT2D eigenvalue weighted by molar-refractivity contribution is 0.280. The number of hydrogen-bond acceptors (Lipinski definition) is 4. The van der Waals surface area contributed by atoms with Gasteiger partial charge in [0.1, 0.15) is 0 Å². The van der Waals surface area contributed by atoms with Crippen LogP contribution < -0.4 is 4.72 Å². The molecular formula is C13H12ClFN2O3S. The number of halogens is 2. The zero-order valence-corrected chi connectivity index (χ0v) is 12.5. The van der Waals surface area contributed by atoms with Crippen molar-refractivity contribution in [1.29, 1.82) is 0 Å². The van der Waals surface area contributed by atoms with Crippen molar-refractivity contribution in [2.24, 2.45) is 0 Å². The molecule has 8 heteroatoms. The number of aromatic nitrogens is 1. The van der Waals surface area contributed by atoms with E-state index in [1.54, 1.807) is 6.92 Å². The van der Waals surface area contributed by atoms with Crippen LogP contribution in [0.1, 0.15) is 11.1 Å². The largest absolute Gasteiger partial charge is 0.392 e. The molecule has 2 aromatic rings. The number of pyridine rings is 1. The minimum Gasteiger partial charge on any atom is -0.392 e. The van der Waals surface area contributed by atoms with E-state index < -0.39 is 15.8 Å². The molecule has 112 valence electrons. The summed E-state index contributed by atoms with van der Waals surface area (Å²) in [5.74, 6) is -0.789. The maximum atomic E-state index is 13.5. The molecule has 0 radical (unpaired) electrons. The minimum atomic E-state index is -4.03. The second-order valence-electron chi connectivity index (χ2n) is 4.31. The smallest absolute Gasteiger partial charge is 0.262 e. The number of aliphatic hydroxyl groups is 1. The van der Waals surface area contributed by atoms with Gasteiger partial charge in [0.15, 0.2) is 5.82 Å². The maximum absolute atomic E-state index is 13.5. The van der Waals surface area contributed by atoms with Crippen LogP contribution >= 0.6 is 11.6 Å². The zero-order chi connectivity index (χ0) is 15.6. The molecule has 0 bridgehead atoms. The Bertz CT molecular complexity index is 781. The number of nitrogens with zero attached hydrogens (tertiary/aromatic N) is 1. The average molecular weight is 331 g/mol. The molecule has 21 heavy (non-hydrogen) atoms. The first-order valence-electron chi connectivity index (χ1n) is 5.87. The van der Waals surface area contributed by atoms with Crippen LogP contribution in [0.25, 0.3) is 0 Å². The van der Waals surface area contributed by atoms with Crippen LogP contribution in [0, 0.1) is 12.7 Å². The van der Waals surface area contributed by atoms with E-state index in [1.165, 1.54) is 24.4 Å². The molecule has 0 saturated heterocycles. The first-order chi connectivity index (χ1) is 9.85. The van der Waals surface area contributed by atoms with E-state index in [0.717, 1.165) is 6.20 Å². The number of aliphatic hydroxyl groups excluding tert-OH is 1. The molecule has 0 fully saturated rings. The molecule has 0 unspecified atom stereocenters. The van der Waals surface area contributed by atoms with E-state index in [2.05, 4.69) is 9.71 Å². The monoisotopic (exact) mass is 330 g/mol. The number of anilines is 1. The van der Waals surface area contributed by atoms with Crippen molar-refractivity contribution >= 4 is 27.3 Å². The predicted octanol–water partition coefficient (Wildman–Crippen LogP) is 2.48. The van der Waals surface area contributed by atoms with Crippen molar-refractivity contribution < 1.29 is 17.9 Å². The van der Waals surface area contributed by atoms with E-state index in [1.807, 2.05) is 0 Å². The molecule has 5 nitrogen and oxygen atoms in total. The zero-order valence-electron chi connectivity index (χ0n) is 11.0. The molecule has 0 saturated carbocycles. The van der Waals surface area contributed by atoms with Gasteiger partial charge in [-0.05, 0) is 36.2 Å². The minimum absolute atomic E-state index is 0.115.